The molecule has 1 N–H and O–H groups in total. The maximum Gasteiger partial charge on any atom is 0.246 e. The molecule has 6 nitrogen and oxygen atoms in total. The molecule has 134 valence electrons. The monoisotopic (exact) mass is 347 g/mol. The van der Waals surface area contributed by atoms with Crippen molar-refractivity contribution in [3.05, 3.63) is 41.8 Å². The second-order valence-electron chi connectivity index (χ2n) is 6.08. The van der Waals surface area contributed by atoms with Gasteiger partial charge in [0, 0.05) is 24.7 Å². The Morgan fingerprint density at radius 3 is 2.80 bits per heavy atom. The van der Waals surface area contributed by atoms with E-state index >= 15 is 0 Å². The highest BCUT2D eigenvalue weighted by atomic mass is 19.1. The molecular formula is C18H22FN3O3. The normalized spacial score (nSPS) is 14.8. The zero-order valence-electron chi connectivity index (χ0n) is 14.0. The van der Waals surface area contributed by atoms with Crippen LogP contribution in [0.3, 0.4) is 0 Å². The fourth-order valence-electron chi connectivity index (χ4n) is 2.79. The quantitative estimate of drug-likeness (QED) is 0.793. The van der Waals surface area contributed by atoms with Gasteiger partial charge in [-0.05, 0) is 50.2 Å². The molecule has 7 heteroatoms. The number of ether oxygens (including phenoxy) is 1. The molecule has 3 rings (SSSR count). The second-order valence-corrected chi connectivity index (χ2v) is 6.08. The summed E-state index contributed by atoms with van der Waals surface area (Å²) in [4.78, 5) is 14.1. The standard InChI is InChI=1S/C18H22FN3O3/c19-15-5-3-14(4-6-15)17-11-16(21-25-17)12-24-13-18(23)20-7-10-22-8-1-2-9-22/h3-6,11H,1-2,7-10,12-13H2,(H,20,23). The van der Waals surface area contributed by atoms with Crippen molar-refractivity contribution in [1.82, 2.24) is 15.4 Å². The van der Waals surface area contributed by atoms with Crippen LogP contribution in [-0.2, 0) is 16.1 Å². The molecule has 1 aliphatic rings. The molecule has 2 aromatic rings. The number of halogens is 1. The number of carbonyl (C=O) groups is 1. The van der Waals surface area contributed by atoms with Gasteiger partial charge in [0.05, 0.1) is 6.61 Å². The van der Waals surface area contributed by atoms with Crippen LogP contribution in [0.4, 0.5) is 4.39 Å². The topological polar surface area (TPSA) is 67.6 Å². The van der Waals surface area contributed by atoms with Crippen LogP contribution in [0.25, 0.3) is 11.3 Å². The van der Waals surface area contributed by atoms with Crippen molar-refractivity contribution in [1.29, 1.82) is 0 Å². The highest BCUT2D eigenvalue weighted by molar-refractivity contribution is 5.77. The van der Waals surface area contributed by atoms with Gasteiger partial charge < -0.3 is 19.5 Å². The van der Waals surface area contributed by atoms with Gasteiger partial charge in [-0.1, -0.05) is 5.16 Å². The van der Waals surface area contributed by atoms with Gasteiger partial charge in [-0.15, -0.1) is 0 Å². The lowest BCUT2D eigenvalue weighted by molar-refractivity contribution is -0.126. The number of hydrogen-bond acceptors (Lipinski definition) is 5. The third kappa shape index (κ3) is 5.37. The van der Waals surface area contributed by atoms with Crippen molar-refractivity contribution in [2.24, 2.45) is 0 Å². The van der Waals surface area contributed by atoms with E-state index in [0.29, 0.717) is 18.0 Å². The smallest absolute Gasteiger partial charge is 0.246 e. The first-order valence-corrected chi connectivity index (χ1v) is 8.49. The fraction of sp³-hybridized carbons (Fsp3) is 0.444. The Hall–Kier alpha value is -2.25. The van der Waals surface area contributed by atoms with E-state index in [1.165, 1.54) is 25.0 Å². The number of benzene rings is 1. The van der Waals surface area contributed by atoms with E-state index in [2.05, 4.69) is 15.4 Å². The van der Waals surface area contributed by atoms with Crippen molar-refractivity contribution >= 4 is 5.91 Å². The lowest BCUT2D eigenvalue weighted by Gasteiger charge is -2.14. The van der Waals surface area contributed by atoms with Crippen LogP contribution in [0.1, 0.15) is 18.5 Å². The number of likely N-dealkylation sites (tertiary alicyclic amines) is 1. The highest BCUT2D eigenvalue weighted by Gasteiger charge is 2.11. The molecule has 0 radical (unpaired) electrons. The molecule has 1 fully saturated rings. The van der Waals surface area contributed by atoms with Crippen molar-refractivity contribution in [3.8, 4) is 11.3 Å². The van der Waals surface area contributed by atoms with Gasteiger partial charge in [-0.3, -0.25) is 4.79 Å². The average molecular weight is 347 g/mol. The number of aromatic nitrogens is 1. The third-order valence-electron chi connectivity index (χ3n) is 4.12. The molecule has 1 aliphatic heterocycles. The maximum atomic E-state index is 12.9. The Morgan fingerprint density at radius 2 is 2.04 bits per heavy atom. The van der Waals surface area contributed by atoms with Crippen molar-refractivity contribution in [2.45, 2.75) is 19.4 Å². The predicted octanol–water partition coefficient (Wildman–Crippen LogP) is 2.21. The molecule has 1 amide bonds. The first kappa shape index (κ1) is 17.6. The number of nitrogens with one attached hydrogen (secondary N) is 1. The summed E-state index contributed by atoms with van der Waals surface area (Å²) in [6.07, 6.45) is 2.49. The van der Waals surface area contributed by atoms with Crippen LogP contribution in [0.5, 0.6) is 0 Å². The molecule has 25 heavy (non-hydrogen) atoms. The zero-order valence-corrected chi connectivity index (χ0v) is 14.0. The van der Waals surface area contributed by atoms with E-state index in [9.17, 15) is 9.18 Å². The Kier molecular flexibility index (Phi) is 6.14. The van der Waals surface area contributed by atoms with Gasteiger partial charge in [-0.2, -0.15) is 0 Å². The summed E-state index contributed by atoms with van der Waals surface area (Å²) in [5.41, 5.74) is 1.32. The van der Waals surface area contributed by atoms with Gasteiger partial charge in [0.15, 0.2) is 5.76 Å². The van der Waals surface area contributed by atoms with Crippen LogP contribution in [0, 0.1) is 5.82 Å². The Morgan fingerprint density at radius 1 is 1.28 bits per heavy atom. The zero-order chi connectivity index (χ0) is 17.5. The molecule has 0 bridgehead atoms. The summed E-state index contributed by atoms with van der Waals surface area (Å²) in [6.45, 7) is 3.93. The third-order valence-corrected chi connectivity index (χ3v) is 4.12. The van der Waals surface area contributed by atoms with Crippen LogP contribution < -0.4 is 5.32 Å². The molecule has 0 saturated carbocycles. The molecule has 0 aliphatic carbocycles. The predicted molar refractivity (Wildman–Crippen MR) is 90.2 cm³/mol. The molecule has 1 aromatic heterocycles. The molecule has 0 atom stereocenters. The van der Waals surface area contributed by atoms with Crippen LogP contribution in [0.2, 0.25) is 0 Å². The summed E-state index contributed by atoms with van der Waals surface area (Å²) >= 11 is 0. The Labute approximate surface area is 145 Å². The minimum absolute atomic E-state index is 0.0151. The summed E-state index contributed by atoms with van der Waals surface area (Å²) in [5, 5.41) is 6.74. The summed E-state index contributed by atoms with van der Waals surface area (Å²) < 4.78 is 23.5. The summed E-state index contributed by atoms with van der Waals surface area (Å²) in [5.74, 6) is 0.0951. The summed E-state index contributed by atoms with van der Waals surface area (Å²) in [7, 11) is 0. The molecular weight excluding hydrogens is 325 g/mol. The first-order chi connectivity index (χ1) is 12.2. The maximum absolute atomic E-state index is 12.9. The molecule has 1 saturated heterocycles. The van der Waals surface area contributed by atoms with E-state index in [-0.39, 0.29) is 24.9 Å². The van der Waals surface area contributed by atoms with Crippen molar-refractivity contribution < 1.29 is 18.4 Å². The number of hydrogen-bond donors (Lipinski definition) is 1. The van der Waals surface area contributed by atoms with Gasteiger partial charge in [-0.25, -0.2) is 4.39 Å². The first-order valence-electron chi connectivity index (χ1n) is 8.49. The van der Waals surface area contributed by atoms with Gasteiger partial charge in [0.2, 0.25) is 5.91 Å². The van der Waals surface area contributed by atoms with Crippen LogP contribution in [-0.4, -0.2) is 48.7 Å². The molecule has 0 unspecified atom stereocenters. The number of amides is 1. The molecule has 2 heterocycles. The van der Waals surface area contributed by atoms with E-state index < -0.39 is 0 Å². The number of nitrogens with zero attached hydrogens (tertiary/aromatic N) is 2. The van der Waals surface area contributed by atoms with E-state index in [4.69, 9.17) is 9.26 Å². The minimum Gasteiger partial charge on any atom is -0.365 e. The van der Waals surface area contributed by atoms with Gasteiger partial charge in [0.25, 0.3) is 0 Å². The van der Waals surface area contributed by atoms with Gasteiger partial charge >= 0.3 is 0 Å². The Bertz CT molecular complexity index is 681. The van der Waals surface area contributed by atoms with Crippen LogP contribution >= 0.6 is 0 Å². The van der Waals surface area contributed by atoms with E-state index in [1.54, 1.807) is 18.2 Å². The fourth-order valence-corrected chi connectivity index (χ4v) is 2.79. The minimum atomic E-state index is -0.303. The van der Waals surface area contributed by atoms with Gasteiger partial charge in [0.1, 0.15) is 18.1 Å². The van der Waals surface area contributed by atoms with Crippen molar-refractivity contribution in [2.75, 3.05) is 32.8 Å². The average Bonchev–Trinajstić information content (AvgIpc) is 3.28. The highest BCUT2D eigenvalue weighted by Crippen LogP contribution is 2.20. The number of carbonyl (C=O) groups excluding carboxylic acids is 1. The molecule has 0 spiro atoms. The van der Waals surface area contributed by atoms with E-state index in [0.717, 1.165) is 25.2 Å². The lowest BCUT2D eigenvalue weighted by Crippen LogP contribution is -2.35. The summed E-state index contributed by atoms with van der Waals surface area (Å²) in [6, 6.07) is 7.68. The van der Waals surface area contributed by atoms with E-state index in [1.807, 2.05) is 0 Å². The second kappa shape index (κ2) is 8.73. The van der Waals surface area contributed by atoms with Crippen molar-refractivity contribution in [3.63, 3.8) is 0 Å². The number of rotatable bonds is 8. The van der Waals surface area contributed by atoms with Crippen LogP contribution in [0.15, 0.2) is 34.9 Å². The largest absolute Gasteiger partial charge is 0.365 e. The molecule has 1 aromatic carbocycles. The lowest BCUT2D eigenvalue weighted by atomic mass is 10.1. The Balaban J connectivity index is 1.36. The SMILES string of the molecule is O=C(COCc1cc(-c2ccc(F)cc2)on1)NCCN1CCCC1.